The van der Waals surface area contributed by atoms with E-state index < -0.39 is 24.0 Å². The number of anilines is 1. The van der Waals surface area contributed by atoms with Crippen molar-refractivity contribution in [1.82, 2.24) is 9.80 Å². The molecule has 0 spiro atoms. The summed E-state index contributed by atoms with van der Waals surface area (Å²) in [4.78, 5) is 26.5. The van der Waals surface area contributed by atoms with E-state index in [1.807, 2.05) is 19.0 Å². The lowest BCUT2D eigenvalue weighted by atomic mass is 10.1. The predicted octanol–water partition coefficient (Wildman–Crippen LogP) is -0.624. The number of nitrogens with one attached hydrogen (secondary N) is 1. The highest BCUT2D eigenvalue weighted by Gasteiger charge is 2.31. The molecule has 1 rings (SSSR count). The van der Waals surface area contributed by atoms with E-state index in [4.69, 9.17) is 4.74 Å². The van der Waals surface area contributed by atoms with Crippen LogP contribution in [0.4, 0.5) is 5.69 Å². The van der Waals surface area contributed by atoms with Gasteiger partial charge in [0.1, 0.15) is 12.4 Å². The Bertz CT molecular complexity index is 545. The van der Waals surface area contributed by atoms with Gasteiger partial charge in [-0.05, 0) is 38.4 Å². The maximum absolute atomic E-state index is 11.9. The Balaban J connectivity index is 2.56. The Labute approximate surface area is 141 Å². The van der Waals surface area contributed by atoms with Crippen molar-refractivity contribution in [2.45, 2.75) is 12.2 Å². The molecule has 0 saturated heterocycles. The Hall–Kier alpha value is -2.16. The van der Waals surface area contributed by atoms with Crippen LogP contribution >= 0.6 is 0 Å². The number of hydrogen-bond acceptors (Lipinski definition) is 6. The summed E-state index contributed by atoms with van der Waals surface area (Å²) in [5, 5.41) is 21.9. The van der Waals surface area contributed by atoms with Crippen LogP contribution in [-0.4, -0.2) is 85.4 Å². The van der Waals surface area contributed by atoms with Crippen molar-refractivity contribution in [2.24, 2.45) is 0 Å². The zero-order valence-electron chi connectivity index (χ0n) is 14.4. The summed E-state index contributed by atoms with van der Waals surface area (Å²) in [5.41, 5.74) is 0.420. The molecule has 134 valence electrons. The summed E-state index contributed by atoms with van der Waals surface area (Å²) in [5.74, 6) is -0.959. The molecule has 3 N–H and O–H groups in total. The van der Waals surface area contributed by atoms with Crippen molar-refractivity contribution in [3.05, 3.63) is 24.3 Å². The van der Waals surface area contributed by atoms with E-state index in [1.54, 1.807) is 24.3 Å². The van der Waals surface area contributed by atoms with Gasteiger partial charge in [-0.25, -0.2) is 0 Å². The lowest BCUT2D eigenvalue weighted by Crippen LogP contribution is -2.47. The van der Waals surface area contributed by atoms with Crippen LogP contribution < -0.4 is 10.1 Å². The first kappa shape index (κ1) is 19.9. The quantitative estimate of drug-likeness (QED) is 0.583. The van der Waals surface area contributed by atoms with E-state index >= 15 is 0 Å². The second kappa shape index (κ2) is 9.21. The van der Waals surface area contributed by atoms with E-state index in [1.165, 1.54) is 14.1 Å². The second-order valence-electron chi connectivity index (χ2n) is 5.79. The number of amides is 2. The van der Waals surface area contributed by atoms with Gasteiger partial charge in [-0.15, -0.1) is 0 Å². The van der Waals surface area contributed by atoms with Gasteiger partial charge in [0, 0.05) is 26.3 Å². The van der Waals surface area contributed by atoms with Crippen LogP contribution in [0.15, 0.2) is 24.3 Å². The molecular weight excluding hydrogens is 314 g/mol. The number of nitrogens with zero attached hydrogens (tertiary/aromatic N) is 2. The minimum absolute atomic E-state index is 0.420. The zero-order chi connectivity index (χ0) is 18.3. The summed E-state index contributed by atoms with van der Waals surface area (Å²) >= 11 is 0. The molecule has 0 aliphatic heterocycles. The fraction of sp³-hybridized carbons (Fsp3) is 0.500. The first-order valence-electron chi connectivity index (χ1n) is 7.48. The number of hydrogen-bond donors (Lipinski definition) is 3. The molecular formula is C16H25N3O5. The fourth-order valence-corrected chi connectivity index (χ4v) is 1.74. The van der Waals surface area contributed by atoms with E-state index in [0.29, 0.717) is 18.0 Å². The van der Waals surface area contributed by atoms with Crippen LogP contribution in [-0.2, 0) is 9.59 Å². The molecule has 2 unspecified atom stereocenters. The summed E-state index contributed by atoms with van der Waals surface area (Å²) in [7, 11) is 6.74. The summed E-state index contributed by atoms with van der Waals surface area (Å²) < 4.78 is 5.53. The van der Waals surface area contributed by atoms with Crippen LogP contribution in [0.25, 0.3) is 0 Å². The Morgan fingerprint density at radius 3 is 2.17 bits per heavy atom. The van der Waals surface area contributed by atoms with E-state index in [-0.39, 0.29) is 0 Å². The third kappa shape index (κ3) is 6.15. The number of ether oxygens (including phenoxy) is 1. The summed E-state index contributed by atoms with van der Waals surface area (Å²) in [6, 6.07) is 6.57. The van der Waals surface area contributed by atoms with Crippen LogP contribution in [0.5, 0.6) is 5.75 Å². The SMILES string of the molecule is CN(C)CCOc1ccc(NC(=O)C(O)C(O)C(=O)N(C)C)cc1. The van der Waals surface area contributed by atoms with Gasteiger partial charge in [0.15, 0.2) is 12.2 Å². The van der Waals surface area contributed by atoms with Gasteiger partial charge in [-0.3, -0.25) is 9.59 Å². The second-order valence-corrected chi connectivity index (χ2v) is 5.79. The molecule has 8 nitrogen and oxygen atoms in total. The highest BCUT2D eigenvalue weighted by atomic mass is 16.5. The zero-order valence-corrected chi connectivity index (χ0v) is 14.4. The van der Waals surface area contributed by atoms with Gasteiger partial charge >= 0.3 is 0 Å². The van der Waals surface area contributed by atoms with Gasteiger partial charge in [0.05, 0.1) is 0 Å². The molecule has 0 radical (unpaired) electrons. The molecule has 8 heteroatoms. The molecule has 0 aromatic heterocycles. The van der Waals surface area contributed by atoms with Gasteiger partial charge in [-0.2, -0.15) is 0 Å². The number of benzene rings is 1. The highest BCUT2D eigenvalue weighted by Crippen LogP contribution is 2.16. The van der Waals surface area contributed by atoms with E-state index in [0.717, 1.165) is 11.4 Å². The third-order valence-corrected chi connectivity index (χ3v) is 3.19. The molecule has 2 atom stereocenters. The Kier molecular flexibility index (Phi) is 7.63. The van der Waals surface area contributed by atoms with Crippen LogP contribution in [0.2, 0.25) is 0 Å². The lowest BCUT2D eigenvalue weighted by molar-refractivity contribution is -0.149. The molecule has 1 aromatic carbocycles. The van der Waals surface area contributed by atoms with Crippen molar-refractivity contribution < 1.29 is 24.5 Å². The molecule has 2 amide bonds. The smallest absolute Gasteiger partial charge is 0.256 e. The van der Waals surface area contributed by atoms with Gasteiger partial charge in [0.25, 0.3) is 11.8 Å². The molecule has 24 heavy (non-hydrogen) atoms. The number of aliphatic hydroxyl groups excluding tert-OH is 2. The van der Waals surface area contributed by atoms with Crippen molar-refractivity contribution in [3.63, 3.8) is 0 Å². The van der Waals surface area contributed by atoms with Crippen molar-refractivity contribution in [2.75, 3.05) is 46.7 Å². The molecule has 0 aliphatic rings. The molecule has 0 fully saturated rings. The van der Waals surface area contributed by atoms with Gasteiger partial charge in [0.2, 0.25) is 0 Å². The summed E-state index contributed by atoms with van der Waals surface area (Å²) in [6.45, 7) is 1.32. The predicted molar refractivity (Wildman–Crippen MR) is 89.8 cm³/mol. The van der Waals surface area contributed by atoms with Crippen molar-refractivity contribution >= 4 is 17.5 Å². The molecule has 0 heterocycles. The maximum Gasteiger partial charge on any atom is 0.256 e. The molecule has 0 aliphatic carbocycles. The lowest BCUT2D eigenvalue weighted by Gasteiger charge is -2.20. The fourth-order valence-electron chi connectivity index (χ4n) is 1.74. The highest BCUT2D eigenvalue weighted by molar-refractivity contribution is 5.98. The van der Waals surface area contributed by atoms with Crippen molar-refractivity contribution in [3.8, 4) is 5.75 Å². The third-order valence-electron chi connectivity index (χ3n) is 3.19. The van der Waals surface area contributed by atoms with E-state index in [9.17, 15) is 19.8 Å². The Morgan fingerprint density at radius 1 is 1.08 bits per heavy atom. The van der Waals surface area contributed by atoms with Crippen LogP contribution in [0.3, 0.4) is 0 Å². The number of likely N-dealkylation sites (N-methyl/N-ethyl adjacent to an activating group) is 2. The number of rotatable bonds is 8. The normalized spacial score (nSPS) is 13.3. The molecule has 1 aromatic rings. The Morgan fingerprint density at radius 2 is 1.67 bits per heavy atom. The minimum Gasteiger partial charge on any atom is -0.492 e. The number of aliphatic hydroxyl groups is 2. The first-order valence-corrected chi connectivity index (χ1v) is 7.48. The summed E-state index contributed by atoms with van der Waals surface area (Å²) in [6.07, 6.45) is -3.66. The number of carbonyl (C=O) groups is 2. The largest absolute Gasteiger partial charge is 0.492 e. The molecule has 0 bridgehead atoms. The van der Waals surface area contributed by atoms with Crippen LogP contribution in [0, 0.1) is 0 Å². The van der Waals surface area contributed by atoms with Crippen LogP contribution in [0.1, 0.15) is 0 Å². The van der Waals surface area contributed by atoms with E-state index in [2.05, 4.69) is 5.32 Å². The topological polar surface area (TPSA) is 102 Å². The average Bonchev–Trinajstić information content (AvgIpc) is 2.53. The van der Waals surface area contributed by atoms with Gasteiger partial charge < -0.3 is 30.1 Å². The number of carbonyl (C=O) groups excluding carboxylic acids is 2. The van der Waals surface area contributed by atoms with Crippen molar-refractivity contribution in [1.29, 1.82) is 0 Å². The average molecular weight is 339 g/mol. The maximum atomic E-state index is 11.9. The van der Waals surface area contributed by atoms with Gasteiger partial charge in [-0.1, -0.05) is 0 Å². The monoisotopic (exact) mass is 339 g/mol. The molecule has 0 saturated carbocycles. The standard InChI is InChI=1S/C16H25N3O5/c1-18(2)9-10-24-12-7-5-11(6-8-12)17-15(22)13(20)14(21)16(23)19(3)4/h5-8,13-14,20-21H,9-10H2,1-4H3,(H,17,22). The first-order chi connectivity index (χ1) is 11.2. The minimum atomic E-state index is -1.85.